The number of hydrogen-bond acceptors (Lipinski definition) is 2. The molecule has 0 spiro atoms. The van der Waals surface area contributed by atoms with Crippen LogP contribution in [0.15, 0.2) is 29.3 Å². The van der Waals surface area contributed by atoms with Gasteiger partial charge in [-0.3, -0.25) is 9.79 Å². The summed E-state index contributed by atoms with van der Waals surface area (Å²) in [5, 5.41) is 10.1. The van der Waals surface area contributed by atoms with Crippen LogP contribution in [0.5, 0.6) is 0 Å². The van der Waals surface area contributed by atoms with Crippen LogP contribution >= 0.6 is 35.6 Å². The molecule has 5 nitrogen and oxygen atoms in total. The quantitative estimate of drug-likeness (QED) is 0.270. The first-order valence-corrected chi connectivity index (χ1v) is 8.06. The summed E-state index contributed by atoms with van der Waals surface area (Å²) in [5.74, 6) is 1.42. The number of aliphatic imine (C=N–C) groups is 1. The van der Waals surface area contributed by atoms with Gasteiger partial charge >= 0.3 is 0 Å². The number of carbonyl (C=O) groups is 1. The molecule has 1 aromatic rings. The highest BCUT2D eigenvalue weighted by Crippen LogP contribution is 2.28. The molecule has 2 atom stereocenters. The Bertz CT molecular complexity index is 535. The third-order valence-corrected chi connectivity index (χ3v) is 3.80. The number of guanidine groups is 1. The number of carbonyl (C=O) groups excluding carboxylic acids is 1. The highest BCUT2D eigenvalue weighted by atomic mass is 127. The molecule has 7 heteroatoms. The maximum atomic E-state index is 11.9. The summed E-state index contributed by atoms with van der Waals surface area (Å²) in [6, 6.07) is 7.36. The van der Waals surface area contributed by atoms with E-state index < -0.39 is 0 Å². The van der Waals surface area contributed by atoms with Crippen molar-refractivity contribution in [3.8, 4) is 0 Å². The van der Waals surface area contributed by atoms with E-state index in [1.54, 1.807) is 24.3 Å². The molecular formula is C16H24ClIN4O. The average Bonchev–Trinajstić information content (AvgIpc) is 3.19. The molecule has 2 unspecified atom stereocenters. The van der Waals surface area contributed by atoms with Gasteiger partial charge in [0.2, 0.25) is 0 Å². The molecule has 1 fully saturated rings. The van der Waals surface area contributed by atoms with Gasteiger partial charge in [-0.25, -0.2) is 0 Å². The van der Waals surface area contributed by atoms with Crippen molar-refractivity contribution in [2.24, 2.45) is 10.9 Å². The SMILES string of the molecule is CCNC(=NCCNC(=O)c1ccc(Cl)cc1)NC1CC1C.I. The predicted octanol–water partition coefficient (Wildman–Crippen LogP) is 2.65. The molecule has 0 bridgehead atoms. The lowest BCUT2D eigenvalue weighted by Crippen LogP contribution is -2.39. The van der Waals surface area contributed by atoms with Crippen molar-refractivity contribution in [1.29, 1.82) is 0 Å². The highest BCUT2D eigenvalue weighted by Gasteiger charge is 2.33. The van der Waals surface area contributed by atoms with E-state index in [0.29, 0.717) is 35.6 Å². The molecule has 0 aromatic heterocycles. The lowest BCUT2D eigenvalue weighted by molar-refractivity contribution is 0.0955. The highest BCUT2D eigenvalue weighted by molar-refractivity contribution is 14.0. The smallest absolute Gasteiger partial charge is 0.251 e. The first-order chi connectivity index (χ1) is 10.6. The summed E-state index contributed by atoms with van der Waals surface area (Å²) in [6.07, 6.45) is 1.19. The molecule has 0 saturated heterocycles. The number of nitrogens with one attached hydrogen (secondary N) is 3. The van der Waals surface area contributed by atoms with E-state index in [2.05, 4.69) is 27.9 Å². The van der Waals surface area contributed by atoms with Crippen LogP contribution in [0.1, 0.15) is 30.6 Å². The maximum Gasteiger partial charge on any atom is 0.251 e. The summed E-state index contributed by atoms with van der Waals surface area (Å²) in [6.45, 7) is 6.11. The summed E-state index contributed by atoms with van der Waals surface area (Å²) in [7, 11) is 0. The molecule has 3 N–H and O–H groups in total. The third-order valence-electron chi connectivity index (χ3n) is 3.55. The van der Waals surface area contributed by atoms with Crippen LogP contribution in [0.4, 0.5) is 0 Å². The van der Waals surface area contributed by atoms with Gasteiger partial charge in [-0.2, -0.15) is 0 Å². The molecule has 2 rings (SSSR count). The normalized spacial score (nSPS) is 19.5. The zero-order valence-corrected chi connectivity index (χ0v) is 16.5. The fourth-order valence-electron chi connectivity index (χ4n) is 2.06. The third kappa shape index (κ3) is 6.95. The lowest BCUT2D eigenvalue weighted by Gasteiger charge is -2.11. The molecule has 0 aliphatic heterocycles. The molecule has 1 saturated carbocycles. The van der Waals surface area contributed by atoms with E-state index >= 15 is 0 Å². The van der Waals surface area contributed by atoms with E-state index in [9.17, 15) is 4.79 Å². The summed E-state index contributed by atoms with van der Waals surface area (Å²) < 4.78 is 0. The second kappa shape index (κ2) is 9.97. The average molecular weight is 451 g/mol. The van der Waals surface area contributed by atoms with Gasteiger partial charge in [0.15, 0.2) is 5.96 Å². The number of halogens is 2. The predicted molar refractivity (Wildman–Crippen MR) is 106 cm³/mol. The first-order valence-electron chi connectivity index (χ1n) is 7.68. The van der Waals surface area contributed by atoms with Crippen molar-refractivity contribution in [2.75, 3.05) is 19.6 Å². The van der Waals surface area contributed by atoms with Crippen molar-refractivity contribution >= 4 is 47.4 Å². The zero-order valence-electron chi connectivity index (χ0n) is 13.4. The summed E-state index contributed by atoms with van der Waals surface area (Å²) in [5.41, 5.74) is 0.602. The van der Waals surface area contributed by atoms with Gasteiger partial charge in [-0.1, -0.05) is 18.5 Å². The van der Waals surface area contributed by atoms with E-state index in [1.165, 1.54) is 6.42 Å². The molecule has 1 aliphatic carbocycles. The number of hydrogen-bond donors (Lipinski definition) is 3. The lowest BCUT2D eigenvalue weighted by atomic mass is 10.2. The van der Waals surface area contributed by atoms with Gasteiger partial charge in [-0.05, 0) is 43.5 Å². The van der Waals surface area contributed by atoms with Gasteiger partial charge in [0.25, 0.3) is 5.91 Å². The van der Waals surface area contributed by atoms with Crippen LogP contribution < -0.4 is 16.0 Å². The molecule has 0 heterocycles. The molecule has 0 radical (unpaired) electrons. The van der Waals surface area contributed by atoms with Crippen LogP contribution in [0.25, 0.3) is 0 Å². The van der Waals surface area contributed by atoms with Crippen LogP contribution in [-0.2, 0) is 0 Å². The minimum Gasteiger partial charge on any atom is -0.357 e. The summed E-state index contributed by atoms with van der Waals surface area (Å²) >= 11 is 5.80. The molecule has 128 valence electrons. The van der Waals surface area contributed by atoms with Crippen LogP contribution in [0.3, 0.4) is 0 Å². The molecule has 23 heavy (non-hydrogen) atoms. The largest absolute Gasteiger partial charge is 0.357 e. The van der Waals surface area contributed by atoms with Crippen molar-refractivity contribution in [1.82, 2.24) is 16.0 Å². The van der Waals surface area contributed by atoms with Crippen molar-refractivity contribution in [3.05, 3.63) is 34.9 Å². The zero-order chi connectivity index (χ0) is 15.9. The standard InChI is InChI=1S/C16H23ClN4O.HI/c1-3-18-16(21-14-10-11(14)2)20-9-8-19-15(22)12-4-6-13(17)7-5-12;/h4-7,11,14H,3,8-10H2,1-2H3,(H,19,22)(H2,18,20,21);1H. The Kier molecular flexibility index (Phi) is 8.68. The van der Waals surface area contributed by atoms with Crippen LogP contribution in [0.2, 0.25) is 5.02 Å². The van der Waals surface area contributed by atoms with Crippen molar-refractivity contribution < 1.29 is 4.79 Å². The number of nitrogens with zero attached hydrogens (tertiary/aromatic N) is 1. The summed E-state index contributed by atoms with van der Waals surface area (Å²) in [4.78, 5) is 16.4. The second-order valence-electron chi connectivity index (χ2n) is 5.49. The molecule has 1 amide bonds. The van der Waals surface area contributed by atoms with Gasteiger partial charge in [0.1, 0.15) is 0 Å². The minimum absolute atomic E-state index is 0. The topological polar surface area (TPSA) is 65.5 Å². The van der Waals surface area contributed by atoms with Gasteiger partial charge in [0.05, 0.1) is 6.54 Å². The van der Waals surface area contributed by atoms with Crippen LogP contribution in [0, 0.1) is 5.92 Å². The Morgan fingerprint density at radius 3 is 2.52 bits per heavy atom. The van der Waals surface area contributed by atoms with E-state index in [1.807, 2.05) is 6.92 Å². The number of amides is 1. The Balaban J connectivity index is 0.00000264. The Hall–Kier alpha value is -1.02. The van der Waals surface area contributed by atoms with Crippen LogP contribution in [-0.4, -0.2) is 37.5 Å². The van der Waals surface area contributed by atoms with Gasteiger partial charge < -0.3 is 16.0 Å². The van der Waals surface area contributed by atoms with Crippen molar-refractivity contribution in [3.63, 3.8) is 0 Å². The Morgan fingerprint density at radius 1 is 1.30 bits per heavy atom. The number of benzene rings is 1. The number of rotatable bonds is 6. The molecule has 1 aromatic carbocycles. The maximum absolute atomic E-state index is 11.9. The minimum atomic E-state index is -0.111. The van der Waals surface area contributed by atoms with E-state index in [0.717, 1.165) is 12.5 Å². The molecule has 1 aliphatic rings. The Morgan fingerprint density at radius 2 is 1.96 bits per heavy atom. The van der Waals surface area contributed by atoms with Gasteiger partial charge in [0, 0.05) is 29.7 Å². The van der Waals surface area contributed by atoms with Gasteiger partial charge in [-0.15, -0.1) is 24.0 Å². The fourth-order valence-corrected chi connectivity index (χ4v) is 2.19. The van der Waals surface area contributed by atoms with E-state index in [-0.39, 0.29) is 29.9 Å². The second-order valence-corrected chi connectivity index (χ2v) is 5.92. The molecular weight excluding hydrogens is 427 g/mol. The van der Waals surface area contributed by atoms with Crippen molar-refractivity contribution in [2.45, 2.75) is 26.3 Å². The first kappa shape index (κ1) is 20.0. The monoisotopic (exact) mass is 450 g/mol. The van der Waals surface area contributed by atoms with E-state index in [4.69, 9.17) is 11.6 Å². The Labute approximate surface area is 159 Å². The fraction of sp³-hybridized carbons (Fsp3) is 0.500.